The molecule has 26 heavy (non-hydrogen) atoms. The number of sulfonamides is 1. The van der Waals surface area contributed by atoms with Crippen LogP contribution in [0.3, 0.4) is 0 Å². The summed E-state index contributed by atoms with van der Waals surface area (Å²) in [6.07, 6.45) is 4.90. The second-order valence-corrected chi connectivity index (χ2v) is 9.66. The molecule has 0 amide bonds. The SMILES string of the molecule is Cc1ccc(C)c(S(=O)(=O)NCC(c2ccsc2)N2CCCCCC2)c1. The van der Waals surface area contributed by atoms with Crippen LogP contribution in [0.5, 0.6) is 0 Å². The van der Waals surface area contributed by atoms with E-state index < -0.39 is 10.0 Å². The average molecular weight is 393 g/mol. The minimum Gasteiger partial charge on any atom is -0.295 e. The highest BCUT2D eigenvalue weighted by Gasteiger charge is 2.25. The molecule has 1 fully saturated rings. The van der Waals surface area contributed by atoms with Crippen LogP contribution in [0.2, 0.25) is 0 Å². The molecule has 4 nitrogen and oxygen atoms in total. The Kier molecular flexibility index (Phi) is 6.51. The van der Waals surface area contributed by atoms with Gasteiger partial charge in [0, 0.05) is 12.6 Å². The largest absolute Gasteiger partial charge is 0.295 e. The third-order valence-corrected chi connectivity index (χ3v) is 7.38. The lowest BCUT2D eigenvalue weighted by Gasteiger charge is -2.30. The number of hydrogen-bond acceptors (Lipinski definition) is 4. The summed E-state index contributed by atoms with van der Waals surface area (Å²) in [5, 5.41) is 4.21. The Morgan fingerprint density at radius 3 is 2.50 bits per heavy atom. The van der Waals surface area contributed by atoms with E-state index in [-0.39, 0.29) is 6.04 Å². The van der Waals surface area contributed by atoms with Crippen molar-refractivity contribution in [3.8, 4) is 0 Å². The van der Waals surface area contributed by atoms with Crippen molar-refractivity contribution >= 4 is 21.4 Å². The Morgan fingerprint density at radius 1 is 1.12 bits per heavy atom. The summed E-state index contributed by atoms with van der Waals surface area (Å²) in [6, 6.07) is 7.78. The van der Waals surface area contributed by atoms with E-state index in [2.05, 4.69) is 26.4 Å². The molecule has 0 aliphatic carbocycles. The zero-order valence-electron chi connectivity index (χ0n) is 15.6. The molecule has 0 bridgehead atoms. The Hall–Kier alpha value is -1.21. The van der Waals surface area contributed by atoms with Gasteiger partial charge in [0.25, 0.3) is 0 Å². The van der Waals surface area contributed by atoms with Crippen molar-refractivity contribution in [1.29, 1.82) is 0 Å². The fourth-order valence-corrected chi connectivity index (χ4v) is 5.67. The number of rotatable bonds is 6. The molecule has 1 aliphatic heterocycles. The number of aryl methyl sites for hydroxylation is 2. The first-order valence-corrected chi connectivity index (χ1v) is 11.7. The molecule has 1 saturated heterocycles. The van der Waals surface area contributed by atoms with E-state index in [0.29, 0.717) is 11.4 Å². The van der Waals surface area contributed by atoms with E-state index in [1.54, 1.807) is 17.4 Å². The topological polar surface area (TPSA) is 49.4 Å². The van der Waals surface area contributed by atoms with Crippen molar-refractivity contribution in [3.05, 3.63) is 51.7 Å². The fourth-order valence-electron chi connectivity index (χ4n) is 3.59. The molecule has 1 unspecified atom stereocenters. The first-order chi connectivity index (χ1) is 12.5. The van der Waals surface area contributed by atoms with Crippen LogP contribution < -0.4 is 4.72 Å². The predicted molar refractivity (Wildman–Crippen MR) is 108 cm³/mol. The second-order valence-electron chi connectivity index (χ2n) is 7.14. The van der Waals surface area contributed by atoms with Gasteiger partial charge in [-0.15, -0.1) is 0 Å². The maximum absolute atomic E-state index is 12.9. The van der Waals surface area contributed by atoms with Gasteiger partial charge < -0.3 is 0 Å². The Labute approximate surface area is 161 Å². The van der Waals surface area contributed by atoms with Crippen LogP contribution >= 0.6 is 11.3 Å². The zero-order chi connectivity index (χ0) is 18.6. The third-order valence-electron chi connectivity index (χ3n) is 5.11. The van der Waals surface area contributed by atoms with Gasteiger partial charge in [0.05, 0.1) is 4.90 Å². The molecule has 3 rings (SSSR count). The smallest absolute Gasteiger partial charge is 0.240 e. The van der Waals surface area contributed by atoms with Crippen molar-refractivity contribution < 1.29 is 8.42 Å². The Morgan fingerprint density at radius 2 is 1.85 bits per heavy atom. The van der Waals surface area contributed by atoms with Crippen LogP contribution in [-0.4, -0.2) is 33.0 Å². The first-order valence-electron chi connectivity index (χ1n) is 9.30. The molecular weight excluding hydrogens is 364 g/mol. The van der Waals surface area contributed by atoms with Gasteiger partial charge in [-0.25, -0.2) is 13.1 Å². The van der Waals surface area contributed by atoms with Crippen molar-refractivity contribution in [3.63, 3.8) is 0 Å². The molecule has 0 spiro atoms. The maximum atomic E-state index is 12.9. The molecule has 1 aliphatic rings. The number of likely N-dealkylation sites (tertiary alicyclic amines) is 1. The standard InChI is InChI=1S/C20H28N2O2S2/c1-16-7-8-17(2)20(13-16)26(23,24)21-14-19(18-9-12-25-15-18)22-10-5-3-4-6-11-22/h7-9,12-13,15,19,21H,3-6,10-11,14H2,1-2H3. The molecular formula is C20H28N2O2S2. The molecule has 6 heteroatoms. The molecule has 1 aromatic heterocycles. The lowest BCUT2D eigenvalue weighted by atomic mass is 10.1. The highest BCUT2D eigenvalue weighted by atomic mass is 32.2. The monoisotopic (exact) mass is 392 g/mol. The highest BCUT2D eigenvalue weighted by Crippen LogP contribution is 2.26. The quantitative estimate of drug-likeness (QED) is 0.799. The van der Waals surface area contributed by atoms with Crippen molar-refractivity contribution in [2.75, 3.05) is 19.6 Å². The Bertz CT molecular complexity index is 808. The van der Waals surface area contributed by atoms with Gasteiger partial charge in [0.1, 0.15) is 0 Å². The van der Waals surface area contributed by atoms with Gasteiger partial charge >= 0.3 is 0 Å². The molecule has 1 atom stereocenters. The lowest BCUT2D eigenvalue weighted by Crippen LogP contribution is -2.38. The van der Waals surface area contributed by atoms with Crippen LogP contribution in [0.1, 0.15) is 48.4 Å². The number of thiophene rings is 1. The van der Waals surface area contributed by atoms with Crippen LogP contribution in [0.4, 0.5) is 0 Å². The molecule has 142 valence electrons. The molecule has 2 heterocycles. The predicted octanol–water partition coefficient (Wildman–Crippen LogP) is 4.26. The van der Waals surface area contributed by atoms with Gasteiger partial charge in [0.15, 0.2) is 0 Å². The van der Waals surface area contributed by atoms with Crippen LogP contribution in [0.15, 0.2) is 39.9 Å². The van der Waals surface area contributed by atoms with Gasteiger partial charge in [-0.05, 0) is 79.4 Å². The summed E-state index contributed by atoms with van der Waals surface area (Å²) < 4.78 is 28.7. The summed E-state index contributed by atoms with van der Waals surface area (Å²) in [4.78, 5) is 2.83. The van der Waals surface area contributed by atoms with Gasteiger partial charge in [-0.1, -0.05) is 25.0 Å². The number of hydrogen-bond donors (Lipinski definition) is 1. The number of nitrogens with one attached hydrogen (secondary N) is 1. The van der Waals surface area contributed by atoms with Crippen LogP contribution in [0.25, 0.3) is 0 Å². The van der Waals surface area contributed by atoms with E-state index in [9.17, 15) is 8.42 Å². The van der Waals surface area contributed by atoms with Crippen molar-refractivity contribution in [2.24, 2.45) is 0 Å². The van der Waals surface area contributed by atoms with Gasteiger partial charge in [-0.2, -0.15) is 11.3 Å². The molecule has 1 aromatic carbocycles. The molecule has 0 saturated carbocycles. The first kappa shape index (κ1) is 19.5. The summed E-state index contributed by atoms with van der Waals surface area (Å²) >= 11 is 1.67. The van der Waals surface area contributed by atoms with E-state index in [0.717, 1.165) is 24.2 Å². The second kappa shape index (κ2) is 8.65. The number of benzene rings is 1. The normalized spacial score (nSPS) is 17.8. The van der Waals surface area contributed by atoms with Crippen LogP contribution in [0, 0.1) is 13.8 Å². The van der Waals surface area contributed by atoms with E-state index in [1.165, 1.54) is 31.2 Å². The number of nitrogens with zero attached hydrogens (tertiary/aromatic N) is 1. The average Bonchev–Trinajstić information content (AvgIpc) is 3.00. The lowest BCUT2D eigenvalue weighted by molar-refractivity contribution is 0.206. The van der Waals surface area contributed by atoms with Gasteiger partial charge in [-0.3, -0.25) is 4.90 Å². The third kappa shape index (κ3) is 4.74. The van der Waals surface area contributed by atoms with Gasteiger partial charge in [0.2, 0.25) is 10.0 Å². The molecule has 2 aromatic rings. The minimum absolute atomic E-state index is 0.0965. The zero-order valence-corrected chi connectivity index (χ0v) is 17.2. The summed E-state index contributed by atoms with van der Waals surface area (Å²) in [5.41, 5.74) is 2.95. The van der Waals surface area contributed by atoms with E-state index in [1.807, 2.05) is 26.0 Å². The Balaban J connectivity index is 1.79. The molecule has 1 N–H and O–H groups in total. The van der Waals surface area contributed by atoms with Crippen LogP contribution in [-0.2, 0) is 10.0 Å². The minimum atomic E-state index is -3.52. The maximum Gasteiger partial charge on any atom is 0.240 e. The fraction of sp³-hybridized carbons (Fsp3) is 0.500. The van der Waals surface area contributed by atoms with Crippen molar-refractivity contribution in [1.82, 2.24) is 9.62 Å². The summed E-state index contributed by atoms with van der Waals surface area (Å²) in [6.45, 7) is 6.24. The van der Waals surface area contributed by atoms with E-state index >= 15 is 0 Å². The molecule has 0 radical (unpaired) electrons. The highest BCUT2D eigenvalue weighted by molar-refractivity contribution is 7.89. The van der Waals surface area contributed by atoms with Crippen molar-refractivity contribution in [2.45, 2.75) is 50.5 Å². The summed E-state index contributed by atoms with van der Waals surface area (Å²) in [5.74, 6) is 0. The summed E-state index contributed by atoms with van der Waals surface area (Å²) in [7, 11) is -3.52. The van der Waals surface area contributed by atoms with E-state index in [4.69, 9.17) is 0 Å².